The van der Waals surface area contributed by atoms with E-state index in [1.807, 2.05) is 24.3 Å². The Labute approximate surface area is 172 Å². The third kappa shape index (κ3) is 3.67. The summed E-state index contributed by atoms with van der Waals surface area (Å²) in [5, 5.41) is 9.97. The van der Waals surface area contributed by atoms with E-state index in [4.69, 9.17) is 4.74 Å². The maximum Gasteiger partial charge on any atom is 0.249 e. The first-order valence-corrected chi connectivity index (χ1v) is 9.40. The number of rotatable bonds is 5. The number of amides is 2. The summed E-state index contributed by atoms with van der Waals surface area (Å²) in [4.78, 5) is 36.6. The first-order chi connectivity index (χ1) is 14.5. The van der Waals surface area contributed by atoms with Gasteiger partial charge in [-0.1, -0.05) is 12.1 Å². The van der Waals surface area contributed by atoms with Gasteiger partial charge < -0.3 is 15.4 Å². The number of ketones is 1. The van der Waals surface area contributed by atoms with Crippen LogP contribution in [0, 0.1) is 0 Å². The van der Waals surface area contributed by atoms with E-state index in [1.54, 1.807) is 37.6 Å². The number of aromatic nitrogens is 2. The van der Waals surface area contributed by atoms with Crippen molar-refractivity contribution in [3.8, 4) is 16.9 Å². The Morgan fingerprint density at radius 1 is 1.13 bits per heavy atom. The fourth-order valence-corrected chi connectivity index (χ4v) is 3.37. The number of fused-ring (bicyclic) bond motifs is 1. The third-order valence-corrected chi connectivity index (χ3v) is 4.99. The predicted octanol–water partition coefficient (Wildman–Crippen LogP) is 3.28. The molecule has 8 nitrogen and oxygen atoms in total. The minimum Gasteiger partial charge on any atom is -0.497 e. The van der Waals surface area contributed by atoms with Crippen LogP contribution in [0.15, 0.2) is 54.7 Å². The average molecular weight is 404 g/mol. The molecule has 1 aromatic heterocycles. The van der Waals surface area contributed by atoms with E-state index >= 15 is 0 Å². The molecule has 3 aromatic rings. The highest BCUT2D eigenvalue weighted by Crippen LogP contribution is 2.35. The van der Waals surface area contributed by atoms with Gasteiger partial charge in [-0.2, -0.15) is 5.10 Å². The van der Waals surface area contributed by atoms with Crippen LogP contribution in [0.4, 0.5) is 11.5 Å². The molecular weight excluding hydrogens is 384 g/mol. The summed E-state index contributed by atoms with van der Waals surface area (Å²) >= 11 is 0. The lowest BCUT2D eigenvalue weighted by molar-refractivity contribution is -0.125. The van der Waals surface area contributed by atoms with Gasteiger partial charge in [0.1, 0.15) is 17.6 Å². The highest BCUT2D eigenvalue weighted by Gasteiger charge is 2.33. The molecule has 0 saturated heterocycles. The molecule has 0 saturated carbocycles. The van der Waals surface area contributed by atoms with Crippen LogP contribution in [-0.2, 0) is 9.59 Å². The predicted molar refractivity (Wildman–Crippen MR) is 112 cm³/mol. The molecule has 0 fully saturated rings. The fraction of sp³-hybridized carbons (Fsp3) is 0.182. The number of carbonyl (C=O) groups is 3. The Balaban J connectivity index is 1.60. The fourth-order valence-electron chi connectivity index (χ4n) is 3.37. The number of nitrogens with zero attached hydrogens (tertiary/aromatic N) is 2. The molecule has 152 valence electrons. The number of hydrogen-bond acceptors (Lipinski definition) is 5. The first-order valence-electron chi connectivity index (χ1n) is 9.40. The Hall–Kier alpha value is -3.94. The summed E-state index contributed by atoms with van der Waals surface area (Å²) in [6.07, 6.45) is 1.61. The molecule has 0 bridgehead atoms. The van der Waals surface area contributed by atoms with Gasteiger partial charge in [-0.25, -0.2) is 4.68 Å². The number of Topliss-reactive ketones (excluding diaryl/α,β-unsaturated/α-hetero) is 1. The van der Waals surface area contributed by atoms with E-state index in [-0.39, 0.29) is 24.0 Å². The van der Waals surface area contributed by atoms with E-state index in [9.17, 15) is 14.4 Å². The minimum atomic E-state index is -0.784. The lowest BCUT2D eigenvalue weighted by Crippen LogP contribution is -2.35. The van der Waals surface area contributed by atoms with E-state index < -0.39 is 6.04 Å². The number of ether oxygens (including phenoxy) is 1. The van der Waals surface area contributed by atoms with Gasteiger partial charge in [0.2, 0.25) is 11.8 Å². The zero-order chi connectivity index (χ0) is 21.3. The van der Waals surface area contributed by atoms with Crippen molar-refractivity contribution in [3.63, 3.8) is 0 Å². The number of methoxy groups -OCH3 is 1. The van der Waals surface area contributed by atoms with Crippen LogP contribution < -0.4 is 15.4 Å². The molecule has 8 heteroatoms. The molecule has 0 aliphatic carbocycles. The first kappa shape index (κ1) is 19.4. The second kappa shape index (κ2) is 7.82. The normalized spacial score (nSPS) is 15.1. The molecule has 2 amide bonds. The topological polar surface area (TPSA) is 102 Å². The number of hydrogen-bond donors (Lipinski definition) is 2. The Kier molecular flexibility index (Phi) is 5.05. The Morgan fingerprint density at radius 2 is 1.83 bits per heavy atom. The minimum absolute atomic E-state index is 0.0197. The summed E-state index contributed by atoms with van der Waals surface area (Å²) < 4.78 is 6.71. The quantitative estimate of drug-likeness (QED) is 0.636. The maximum atomic E-state index is 12.9. The third-order valence-electron chi connectivity index (χ3n) is 4.99. The van der Waals surface area contributed by atoms with Gasteiger partial charge in [0.15, 0.2) is 5.78 Å². The van der Waals surface area contributed by atoms with Crippen molar-refractivity contribution in [2.75, 3.05) is 17.7 Å². The van der Waals surface area contributed by atoms with Crippen LogP contribution in [0.5, 0.6) is 5.75 Å². The van der Waals surface area contributed by atoms with Crippen molar-refractivity contribution in [1.82, 2.24) is 9.78 Å². The molecule has 0 spiro atoms. The molecule has 1 aliphatic rings. The summed E-state index contributed by atoms with van der Waals surface area (Å²) in [7, 11) is 1.59. The van der Waals surface area contributed by atoms with Crippen molar-refractivity contribution < 1.29 is 19.1 Å². The van der Waals surface area contributed by atoms with Crippen LogP contribution in [-0.4, -0.2) is 34.5 Å². The van der Waals surface area contributed by atoms with Gasteiger partial charge in [-0.05, 0) is 48.9 Å². The standard InChI is InChI=1S/C22H20N4O4/c1-13(27)14-3-7-16(8-4-14)24-22(29)19-11-20(28)25-21-18(12-23-26(19)21)15-5-9-17(30-2)10-6-15/h3-10,12,19H,11H2,1-2H3,(H,24,29)(H,25,28)/t19-/m1/s1. The largest absolute Gasteiger partial charge is 0.497 e. The average Bonchev–Trinajstić information content (AvgIpc) is 3.17. The van der Waals surface area contributed by atoms with Gasteiger partial charge in [-0.15, -0.1) is 0 Å². The van der Waals surface area contributed by atoms with Gasteiger partial charge in [0, 0.05) is 16.8 Å². The molecule has 4 rings (SSSR count). The second-order valence-electron chi connectivity index (χ2n) is 6.97. The summed E-state index contributed by atoms with van der Waals surface area (Å²) in [5.74, 6) is 0.528. The van der Waals surface area contributed by atoms with E-state index in [2.05, 4.69) is 15.7 Å². The van der Waals surface area contributed by atoms with E-state index in [0.717, 1.165) is 11.3 Å². The Morgan fingerprint density at radius 3 is 2.47 bits per heavy atom. The number of anilines is 2. The number of benzene rings is 2. The molecule has 2 N–H and O–H groups in total. The molecule has 30 heavy (non-hydrogen) atoms. The molecule has 0 radical (unpaired) electrons. The van der Waals surface area contributed by atoms with Crippen LogP contribution in [0.3, 0.4) is 0 Å². The van der Waals surface area contributed by atoms with Gasteiger partial charge in [0.05, 0.1) is 19.7 Å². The molecule has 1 atom stereocenters. The van der Waals surface area contributed by atoms with E-state index in [1.165, 1.54) is 11.6 Å². The lowest BCUT2D eigenvalue weighted by Gasteiger charge is -2.24. The molecule has 0 unspecified atom stereocenters. The van der Waals surface area contributed by atoms with Crippen LogP contribution in [0.1, 0.15) is 29.7 Å². The van der Waals surface area contributed by atoms with Crippen molar-refractivity contribution in [2.24, 2.45) is 0 Å². The van der Waals surface area contributed by atoms with Crippen molar-refractivity contribution in [1.29, 1.82) is 0 Å². The van der Waals surface area contributed by atoms with Crippen molar-refractivity contribution in [2.45, 2.75) is 19.4 Å². The van der Waals surface area contributed by atoms with Crippen LogP contribution in [0.2, 0.25) is 0 Å². The zero-order valence-electron chi connectivity index (χ0n) is 16.5. The van der Waals surface area contributed by atoms with Gasteiger partial charge in [0.25, 0.3) is 0 Å². The highest BCUT2D eigenvalue weighted by molar-refractivity contribution is 6.03. The monoisotopic (exact) mass is 404 g/mol. The van der Waals surface area contributed by atoms with E-state index in [0.29, 0.717) is 22.6 Å². The Bertz CT molecular complexity index is 1120. The maximum absolute atomic E-state index is 12.9. The van der Waals surface area contributed by atoms with Crippen molar-refractivity contribution in [3.05, 3.63) is 60.3 Å². The summed E-state index contributed by atoms with van der Waals surface area (Å²) in [5.41, 5.74) is 2.66. The number of carbonyl (C=O) groups excluding carboxylic acids is 3. The molecular formula is C22H20N4O4. The second-order valence-corrected chi connectivity index (χ2v) is 6.97. The summed E-state index contributed by atoms with van der Waals surface area (Å²) in [6.45, 7) is 1.48. The van der Waals surface area contributed by atoms with Crippen LogP contribution in [0.25, 0.3) is 11.1 Å². The smallest absolute Gasteiger partial charge is 0.249 e. The molecule has 2 heterocycles. The number of nitrogens with one attached hydrogen (secondary N) is 2. The van der Waals surface area contributed by atoms with Crippen molar-refractivity contribution >= 4 is 29.1 Å². The van der Waals surface area contributed by atoms with Gasteiger partial charge >= 0.3 is 0 Å². The summed E-state index contributed by atoms with van der Waals surface area (Å²) in [6, 6.07) is 13.2. The lowest BCUT2D eigenvalue weighted by atomic mass is 10.1. The van der Waals surface area contributed by atoms with Gasteiger partial charge in [-0.3, -0.25) is 14.4 Å². The highest BCUT2D eigenvalue weighted by atomic mass is 16.5. The SMILES string of the molecule is COc1ccc(-c2cnn3c2NC(=O)C[C@@H]3C(=O)Nc2ccc(C(C)=O)cc2)cc1. The van der Waals surface area contributed by atoms with Crippen LogP contribution >= 0.6 is 0 Å². The molecule has 2 aromatic carbocycles. The zero-order valence-corrected chi connectivity index (χ0v) is 16.5. The molecule has 1 aliphatic heterocycles.